The number of imide groups is 1. The highest BCUT2D eigenvalue weighted by molar-refractivity contribution is 6.03. The second kappa shape index (κ2) is 4.75. The Balaban J connectivity index is 2.02. The molecule has 0 unspecified atom stereocenters. The molecule has 0 atom stereocenters. The Hall–Kier alpha value is -1.90. The summed E-state index contributed by atoms with van der Waals surface area (Å²) < 4.78 is 0. The fourth-order valence-electron chi connectivity index (χ4n) is 1.70. The van der Waals surface area contributed by atoms with Crippen LogP contribution in [-0.4, -0.2) is 23.3 Å². The minimum Gasteiger partial charge on any atom is -0.279 e. The highest BCUT2D eigenvalue weighted by atomic mass is 16.2. The van der Waals surface area contributed by atoms with Gasteiger partial charge in [-0.3, -0.25) is 14.5 Å². The van der Waals surface area contributed by atoms with Gasteiger partial charge in [0, 0.05) is 19.0 Å². The first-order valence-electron chi connectivity index (χ1n) is 5.35. The zero-order valence-corrected chi connectivity index (χ0v) is 8.93. The number of nitrogens with zero attached hydrogens (tertiary/aromatic N) is 1. The molecule has 3 heteroatoms. The summed E-state index contributed by atoms with van der Waals surface area (Å²) in [7, 11) is 0. The summed E-state index contributed by atoms with van der Waals surface area (Å²) in [6.07, 6.45) is 4.46. The standard InChI is InChI=1S/C13H13NO2/c15-12-7-4-10-14(12)13(16)9-8-11-5-2-1-3-6-11/h1-3,5-6,8-9H,4,7,10H2/b9-8+. The van der Waals surface area contributed by atoms with Crippen LogP contribution >= 0.6 is 0 Å². The maximum absolute atomic E-state index is 11.6. The lowest BCUT2D eigenvalue weighted by molar-refractivity contribution is -0.138. The minimum atomic E-state index is -0.216. The molecule has 2 amide bonds. The molecule has 1 heterocycles. The van der Waals surface area contributed by atoms with E-state index in [4.69, 9.17) is 0 Å². The van der Waals surface area contributed by atoms with Gasteiger partial charge in [-0.05, 0) is 18.1 Å². The Morgan fingerprint density at radius 2 is 2.00 bits per heavy atom. The SMILES string of the molecule is O=C(/C=C/c1ccccc1)N1CCCC1=O. The Morgan fingerprint density at radius 3 is 2.62 bits per heavy atom. The molecule has 82 valence electrons. The van der Waals surface area contributed by atoms with Gasteiger partial charge in [-0.2, -0.15) is 0 Å². The zero-order valence-electron chi connectivity index (χ0n) is 8.93. The second-order valence-electron chi connectivity index (χ2n) is 3.73. The topological polar surface area (TPSA) is 37.4 Å². The lowest BCUT2D eigenvalue weighted by atomic mass is 10.2. The van der Waals surface area contributed by atoms with Crippen LogP contribution < -0.4 is 0 Å². The summed E-state index contributed by atoms with van der Waals surface area (Å²) in [4.78, 5) is 24.3. The molecule has 1 aromatic carbocycles. The summed E-state index contributed by atoms with van der Waals surface area (Å²) in [5.41, 5.74) is 0.961. The van der Waals surface area contributed by atoms with E-state index in [9.17, 15) is 9.59 Å². The average molecular weight is 215 g/mol. The monoisotopic (exact) mass is 215 g/mol. The van der Waals surface area contributed by atoms with Crippen LogP contribution in [0.1, 0.15) is 18.4 Å². The van der Waals surface area contributed by atoms with Crippen molar-refractivity contribution in [2.45, 2.75) is 12.8 Å². The summed E-state index contributed by atoms with van der Waals surface area (Å²) >= 11 is 0. The molecule has 1 aromatic rings. The molecule has 0 aliphatic carbocycles. The first kappa shape index (κ1) is 10.6. The molecule has 2 rings (SSSR count). The van der Waals surface area contributed by atoms with Crippen LogP contribution in [0.5, 0.6) is 0 Å². The normalized spacial score (nSPS) is 16.0. The van der Waals surface area contributed by atoms with Crippen molar-refractivity contribution in [1.82, 2.24) is 4.90 Å². The van der Waals surface area contributed by atoms with E-state index in [1.165, 1.54) is 11.0 Å². The van der Waals surface area contributed by atoms with Gasteiger partial charge in [0.2, 0.25) is 5.91 Å². The first-order valence-corrected chi connectivity index (χ1v) is 5.35. The van der Waals surface area contributed by atoms with Crippen LogP contribution in [0.2, 0.25) is 0 Å². The molecule has 0 radical (unpaired) electrons. The third-order valence-corrected chi connectivity index (χ3v) is 2.56. The average Bonchev–Trinajstić information content (AvgIpc) is 2.74. The molecule has 0 spiro atoms. The number of carbonyl (C=O) groups excluding carboxylic acids is 2. The third-order valence-electron chi connectivity index (χ3n) is 2.56. The molecule has 1 fully saturated rings. The lowest BCUT2D eigenvalue weighted by Crippen LogP contribution is -2.30. The van der Waals surface area contributed by atoms with E-state index in [1.807, 2.05) is 30.3 Å². The Kier molecular flexibility index (Phi) is 3.15. The number of hydrogen-bond donors (Lipinski definition) is 0. The number of rotatable bonds is 2. The lowest BCUT2D eigenvalue weighted by Gasteiger charge is -2.09. The number of carbonyl (C=O) groups is 2. The summed E-state index contributed by atoms with van der Waals surface area (Å²) in [5, 5.41) is 0. The van der Waals surface area contributed by atoms with Gasteiger partial charge in [-0.15, -0.1) is 0 Å². The van der Waals surface area contributed by atoms with Crippen molar-refractivity contribution >= 4 is 17.9 Å². The van der Waals surface area contributed by atoms with Crippen molar-refractivity contribution in [2.24, 2.45) is 0 Å². The van der Waals surface area contributed by atoms with E-state index in [0.717, 1.165) is 12.0 Å². The largest absolute Gasteiger partial charge is 0.279 e. The number of hydrogen-bond acceptors (Lipinski definition) is 2. The van der Waals surface area contributed by atoms with Gasteiger partial charge >= 0.3 is 0 Å². The van der Waals surface area contributed by atoms with Crippen molar-refractivity contribution in [3.63, 3.8) is 0 Å². The highest BCUT2D eigenvalue weighted by Crippen LogP contribution is 2.10. The van der Waals surface area contributed by atoms with Crippen molar-refractivity contribution in [3.05, 3.63) is 42.0 Å². The van der Waals surface area contributed by atoms with E-state index < -0.39 is 0 Å². The summed E-state index contributed by atoms with van der Waals surface area (Å²) in [5.74, 6) is -0.283. The van der Waals surface area contributed by atoms with Gasteiger partial charge in [0.05, 0.1) is 0 Å². The number of likely N-dealkylation sites (tertiary alicyclic amines) is 1. The van der Waals surface area contributed by atoms with Crippen molar-refractivity contribution in [3.8, 4) is 0 Å². The van der Waals surface area contributed by atoms with Crippen molar-refractivity contribution in [1.29, 1.82) is 0 Å². The summed E-state index contributed by atoms with van der Waals surface area (Å²) in [6.45, 7) is 0.552. The van der Waals surface area contributed by atoms with Crippen molar-refractivity contribution < 1.29 is 9.59 Å². The van der Waals surface area contributed by atoms with Crippen LogP contribution in [0.15, 0.2) is 36.4 Å². The fraction of sp³-hybridized carbons (Fsp3) is 0.231. The molecule has 1 aliphatic rings. The molecular formula is C13H13NO2. The second-order valence-corrected chi connectivity index (χ2v) is 3.73. The van der Waals surface area contributed by atoms with E-state index >= 15 is 0 Å². The molecule has 1 aliphatic heterocycles. The van der Waals surface area contributed by atoms with Crippen LogP contribution in [0.4, 0.5) is 0 Å². The van der Waals surface area contributed by atoms with Gasteiger partial charge in [-0.25, -0.2) is 0 Å². The molecule has 0 saturated carbocycles. The Bertz CT molecular complexity index is 423. The van der Waals surface area contributed by atoms with Gasteiger partial charge in [0.25, 0.3) is 5.91 Å². The van der Waals surface area contributed by atoms with Crippen LogP contribution in [0, 0.1) is 0 Å². The van der Waals surface area contributed by atoms with Gasteiger partial charge in [-0.1, -0.05) is 30.3 Å². The van der Waals surface area contributed by atoms with E-state index in [2.05, 4.69) is 0 Å². The maximum Gasteiger partial charge on any atom is 0.253 e. The third kappa shape index (κ3) is 2.37. The molecule has 0 N–H and O–H groups in total. The number of amides is 2. The fourth-order valence-corrected chi connectivity index (χ4v) is 1.70. The quantitative estimate of drug-likeness (QED) is 0.706. The number of benzene rings is 1. The first-order chi connectivity index (χ1) is 7.77. The highest BCUT2D eigenvalue weighted by Gasteiger charge is 2.24. The smallest absolute Gasteiger partial charge is 0.253 e. The van der Waals surface area contributed by atoms with Crippen molar-refractivity contribution in [2.75, 3.05) is 6.54 Å². The van der Waals surface area contributed by atoms with E-state index in [-0.39, 0.29) is 11.8 Å². The predicted molar refractivity (Wildman–Crippen MR) is 61.4 cm³/mol. The predicted octanol–water partition coefficient (Wildman–Crippen LogP) is 1.85. The zero-order chi connectivity index (χ0) is 11.4. The Morgan fingerprint density at radius 1 is 1.25 bits per heavy atom. The van der Waals surface area contributed by atoms with Gasteiger partial charge < -0.3 is 0 Å². The maximum atomic E-state index is 11.6. The molecule has 1 saturated heterocycles. The molecule has 3 nitrogen and oxygen atoms in total. The molecular weight excluding hydrogens is 202 g/mol. The van der Waals surface area contributed by atoms with Crippen LogP contribution in [-0.2, 0) is 9.59 Å². The molecule has 0 aromatic heterocycles. The van der Waals surface area contributed by atoms with Gasteiger partial charge in [0.1, 0.15) is 0 Å². The molecule has 16 heavy (non-hydrogen) atoms. The van der Waals surface area contributed by atoms with Gasteiger partial charge in [0.15, 0.2) is 0 Å². The summed E-state index contributed by atoms with van der Waals surface area (Å²) in [6, 6.07) is 9.56. The Labute approximate surface area is 94.4 Å². The van der Waals surface area contributed by atoms with E-state index in [1.54, 1.807) is 6.08 Å². The van der Waals surface area contributed by atoms with E-state index in [0.29, 0.717) is 13.0 Å². The molecule has 0 bridgehead atoms. The van der Waals surface area contributed by atoms with Crippen LogP contribution in [0.25, 0.3) is 6.08 Å². The van der Waals surface area contributed by atoms with Crippen LogP contribution in [0.3, 0.4) is 0 Å². The minimum absolute atomic E-state index is 0.0669.